The molecule has 0 aliphatic heterocycles. The Morgan fingerprint density at radius 2 is 2.36 bits per heavy atom. The zero-order valence-corrected chi connectivity index (χ0v) is 7.90. The maximum Gasteiger partial charge on any atom is 0.139 e. The van der Waals surface area contributed by atoms with Crippen LogP contribution in [0.15, 0.2) is 5.16 Å². The van der Waals surface area contributed by atoms with Crippen LogP contribution in [0.5, 0.6) is 0 Å². The third-order valence-electron chi connectivity index (χ3n) is 1.46. The van der Waals surface area contributed by atoms with Crippen molar-refractivity contribution >= 4 is 17.6 Å². The summed E-state index contributed by atoms with van der Waals surface area (Å²) >= 11 is 1.85. The van der Waals surface area contributed by atoms with Gasteiger partial charge < -0.3 is 10.9 Å². The third-order valence-corrected chi connectivity index (χ3v) is 2.81. The van der Waals surface area contributed by atoms with Crippen LogP contribution in [0.3, 0.4) is 0 Å². The minimum atomic E-state index is 0.320. The van der Waals surface area contributed by atoms with Gasteiger partial charge in [0.25, 0.3) is 0 Å². The van der Waals surface area contributed by atoms with Gasteiger partial charge in [-0.05, 0) is 6.42 Å². The molecule has 0 amide bonds. The van der Waals surface area contributed by atoms with E-state index in [1.165, 1.54) is 6.42 Å². The van der Waals surface area contributed by atoms with Crippen molar-refractivity contribution in [2.45, 2.75) is 31.9 Å². The van der Waals surface area contributed by atoms with Crippen molar-refractivity contribution in [1.29, 1.82) is 0 Å². The normalized spacial score (nSPS) is 14.9. The summed E-state index contributed by atoms with van der Waals surface area (Å²) in [5, 5.41) is 11.8. The number of thioether (sulfide) groups is 1. The van der Waals surface area contributed by atoms with Crippen LogP contribution in [0.4, 0.5) is 0 Å². The lowest BCUT2D eigenvalue weighted by Crippen LogP contribution is -2.12. The van der Waals surface area contributed by atoms with E-state index in [1.807, 2.05) is 11.8 Å². The highest BCUT2D eigenvalue weighted by Gasteiger charge is 1.99. The van der Waals surface area contributed by atoms with Gasteiger partial charge in [0, 0.05) is 17.4 Å². The summed E-state index contributed by atoms with van der Waals surface area (Å²) in [6.45, 7) is 4.33. The number of rotatable bonds is 5. The number of hydrogen-bond acceptors (Lipinski definition) is 3. The first-order valence-electron chi connectivity index (χ1n) is 3.78. The molecule has 0 bridgehead atoms. The molecule has 0 fully saturated rings. The molecule has 0 aromatic rings. The Balaban J connectivity index is 3.27. The highest BCUT2D eigenvalue weighted by atomic mass is 32.2. The Bertz CT molecular complexity index is 128. The lowest BCUT2D eigenvalue weighted by molar-refractivity contribution is 0.317. The highest BCUT2D eigenvalue weighted by molar-refractivity contribution is 7.99. The van der Waals surface area contributed by atoms with Crippen molar-refractivity contribution in [3.8, 4) is 0 Å². The molecular weight excluding hydrogens is 160 g/mol. The first-order valence-corrected chi connectivity index (χ1v) is 4.83. The van der Waals surface area contributed by atoms with Gasteiger partial charge in [-0.3, -0.25) is 0 Å². The molecule has 4 heteroatoms. The minimum Gasteiger partial charge on any atom is -0.409 e. The zero-order valence-electron chi connectivity index (χ0n) is 7.08. The van der Waals surface area contributed by atoms with E-state index in [2.05, 4.69) is 19.0 Å². The van der Waals surface area contributed by atoms with Gasteiger partial charge in [0.1, 0.15) is 5.84 Å². The van der Waals surface area contributed by atoms with Gasteiger partial charge in [0.05, 0.1) is 0 Å². The Hall–Kier alpha value is -0.380. The number of amidine groups is 1. The topological polar surface area (TPSA) is 58.6 Å². The molecule has 3 N–H and O–H groups in total. The molecule has 0 aliphatic rings. The van der Waals surface area contributed by atoms with Gasteiger partial charge in [0.15, 0.2) is 0 Å². The van der Waals surface area contributed by atoms with Gasteiger partial charge >= 0.3 is 0 Å². The molecule has 0 aromatic carbocycles. The fourth-order valence-electron chi connectivity index (χ4n) is 0.533. The molecule has 0 saturated carbocycles. The molecule has 0 aromatic heterocycles. The number of nitrogens with two attached hydrogens (primary N) is 1. The number of oxime groups is 1. The first-order chi connectivity index (χ1) is 5.20. The Morgan fingerprint density at radius 1 is 1.73 bits per heavy atom. The van der Waals surface area contributed by atoms with Crippen molar-refractivity contribution in [2.75, 3.05) is 5.75 Å². The smallest absolute Gasteiger partial charge is 0.139 e. The van der Waals surface area contributed by atoms with E-state index in [0.717, 1.165) is 5.75 Å². The quantitative estimate of drug-likeness (QED) is 0.290. The summed E-state index contributed by atoms with van der Waals surface area (Å²) < 4.78 is 0. The molecule has 11 heavy (non-hydrogen) atoms. The van der Waals surface area contributed by atoms with Crippen LogP contribution < -0.4 is 5.73 Å². The van der Waals surface area contributed by atoms with Crippen LogP contribution in [0.2, 0.25) is 0 Å². The van der Waals surface area contributed by atoms with Crippen LogP contribution >= 0.6 is 11.8 Å². The summed E-state index contributed by atoms with van der Waals surface area (Å²) in [6, 6.07) is 0. The molecule has 0 spiro atoms. The summed E-state index contributed by atoms with van der Waals surface area (Å²) in [7, 11) is 0. The monoisotopic (exact) mass is 176 g/mol. The molecule has 0 saturated heterocycles. The lowest BCUT2D eigenvalue weighted by Gasteiger charge is -2.06. The molecule has 0 heterocycles. The van der Waals surface area contributed by atoms with E-state index in [4.69, 9.17) is 10.9 Å². The van der Waals surface area contributed by atoms with Crippen LogP contribution in [-0.4, -0.2) is 22.0 Å². The van der Waals surface area contributed by atoms with Gasteiger partial charge in [-0.1, -0.05) is 19.0 Å². The van der Waals surface area contributed by atoms with Gasteiger partial charge in [-0.15, -0.1) is 0 Å². The van der Waals surface area contributed by atoms with Crippen LogP contribution in [0, 0.1) is 0 Å². The van der Waals surface area contributed by atoms with Crippen molar-refractivity contribution in [3.63, 3.8) is 0 Å². The predicted octanol–water partition coefficient (Wildman–Crippen LogP) is 1.65. The fraction of sp³-hybridized carbons (Fsp3) is 0.857. The van der Waals surface area contributed by atoms with Crippen molar-refractivity contribution in [1.82, 2.24) is 0 Å². The van der Waals surface area contributed by atoms with Crippen molar-refractivity contribution in [3.05, 3.63) is 0 Å². The molecule has 0 rings (SSSR count). The maximum absolute atomic E-state index is 8.21. The molecule has 0 aliphatic carbocycles. The summed E-state index contributed by atoms with van der Waals surface area (Å²) in [6.07, 6.45) is 1.84. The second kappa shape index (κ2) is 6.34. The predicted molar refractivity (Wildman–Crippen MR) is 50.2 cm³/mol. The molecule has 1 unspecified atom stereocenters. The Morgan fingerprint density at radius 3 is 2.82 bits per heavy atom. The molecule has 3 nitrogen and oxygen atoms in total. The van der Waals surface area contributed by atoms with E-state index in [0.29, 0.717) is 17.5 Å². The van der Waals surface area contributed by atoms with Gasteiger partial charge in [-0.25, -0.2) is 0 Å². The Labute approximate surface area is 72.0 Å². The second-order valence-corrected chi connectivity index (χ2v) is 3.98. The highest BCUT2D eigenvalue weighted by Crippen LogP contribution is 2.13. The second-order valence-electron chi connectivity index (χ2n) is 2.43. The zero-order chi connectivity index (χ0) is 8.69. The molecule has 1 atom stereocenters. The summed E-state index contributed by atoms with van der Waals surface area (Å²) in [4.78, 5) is 0. The Kier molecular flexibility index (Phi) is 6.12. The maximum atomic E-state index is 8.21. The van der Waals surface area contributed by atoms with Crippen molar-refractivity contribution in [2.24, 2.45) is 10.9 Å². The van der Waals surface area contributed by atoms with Gasteiger partial charge in [-0.2, -0.15) is 11.8 Å². The van der Waals surface area contributed by atoms with E-state index in [-0.39, 0.29) is 0 Å². The molecule has 0 radical (unpaired) electrons. The number of nitrogens with zero attached hydrogens (tertiary/aromatic N) is 1. The van der Waals surface area contributed by atoms with Crippen LogP contribution in [-0.2, 0) is 0 Å². The summed E-state index contributed by atoms with van der Waals surface area (Å²) in [5.41, 5.74) is 5.29. The van der Waals surface area contributed by atoms with E-state index in [9.17, 15) is 0 Å². The van der Waals surface area contributed by atoms with E-state index in [1.54, 1.807) is 0 Å². The van der Waals surface area contributed by atoms with E-state index >= 15 is 0 Å². The van der Waals surface area contributed by atoms with Crippen LogP contribution in [0.1, 0.15) is 26.7 Å². The average Bonchev–Trinajstić information content (AvgIpc) is 2.04. The van der Waals surface area contributed by atoms with Crippen LogP contribution in [0.25, 0.3) is 0 Å². The van der Waals surface area contributed by atoms with Gasteiger partial charge in [0.2, 0.25) is 0 Å². The number of hydrogen-bond donors (Lipinski definition) is 2. The lowest BCUT2D eigenvalue weighted by atomic mass is 10.4. The minimum absolute atomic E-state index is 0.320. The SMILES string of the molecule is CCC(C)SCC/C(N)=N/O. The standard InChI is InChI=1S/C7H16N2OS/c1-3-6(2)11-5-4-7(8)9-10/h6,10H,3-5H2,1-2H3,(H2,8,9). The van der Waals surface area contributed by atoms with Crippen molar-refractivity contribution < 1.29 is 5.21 Å². The average molecular weight is 176 g/mol. The molecule has 66 valence electrons. The third kappa shape index (κ3) is 6.04. The fourth-order valence-corrected chi connectivity index (χ4v) is 1.50. The largest absolute Gasteiger partial charge is 0.409 e. The van der Waals surface area contributed by atoms with E-state index < -0.39 is 0 Å². The first kappa shape index (κ1) is 10.6. The summed E-state index contributed by atoms with van der Waals surface area (Å²) in [5.74, 6) is 1.26. The molecular formula is C7H16N2OS.